The molecule has 3 rings (SSSR count). The van der Waals surface area contributed by atoms with Gasteiger partial charge < -0.3 is 10.6 Å². The van der Waals surface area contributed by atoms with E-state index in [1.54, 1.807) is 19.1 Å². The second-order valence-electron chi connectivity index (χ2n) is 6.51. The first-order chi connectivity index (χ1) is 13.3. The summed E-state index contributed by atoms with van der Waals surface area (Å²) in [7, 11) is 0. The van der Waals surface area contributed by atoms with E-state index in [1.165, 1.54) is 4.68 Å². The number of anilines is 2. The number of aryl methyl sites for hydroxylation is 2. The molecule has 7 nitrogen and oxygen atoms in total. The van der Waals surface area contributed by atoms with Crippen molar-refractivity contribution >= 4 is 34.8 Å². The number of rotatable bonds is 5. The minimum absolute atomic E-state index is 0.0454. The normalized spacial score (nSPS) is 10.6. The molecule has 0 spiro atoms. The van der Waals surface area contributed by atoms with Crippen LogP contribution in [0.15, 0.2) is 42.5 Å². The van der Waals surface area contributed by atoms with Crippen molar-refractivity contribution in [1.29, 1.82) is 0 Å². The molecule has 1 aromatic heterocycles. The first-order valence-electron chi connectivity index (χ1n) is 8.67. The van der Waals surface area contributed by atoms with Crippen molar-refractivity contribution in [2.75, 3.05) is 10.6 Å². The molecule has 144 valence electrons. The Morgan fingerprint density at radius 3 is 2.61 bits per heavy atom. The third-order valence-corrected chi connectivity index (χ3v) is 4.48. The Labute approximate surface area is 167 Å². The molecule has 0 aliphatic rings. The average Bonchev–Trinajstić information content (AvgIpc) is 2.98. The highest BCUT2D eigenvalue weighted by molar-refractivity contribution is 6.31. The molecule has 2 N–H and O–H groups in total. The third-order valence-electron chi connectivity index (χ3n) is 4.24. The molecule has 0 saturated heterocycles. The smallest absolute Gasteiger partial charge is 0.278 e. The highest BCUT2D eigenvalue weighted by Gasteiger charge is 2.19. The number of halogens is 1. The van der Waals surface area contributed by atoms with Crippen LogP contribution in [0.1, 0.15) is 27.3 Å². The molecule has 0 atom stereocenters. The Balaban J connectivity index is 1.70. The Hall–Kier alpha value is -3.19. The van der Waals surface area contributed by atoms with Gasteiger partial charge in [0.25, 0.3) is 5.91 Å². The quantitative estimate of drug-likeness (QED) is 0.686. The molecule has 0 bridgehead atoms. The predicted molar refractivity (Wildman–Crippen MR) is 109 cm³/mol. The van der Waals surface area contributed by atoms with Crippen LogP contribution < -0.4 is 10.6 Å². The lowest BCUT2D eigenvalue weighted by Crippen LogP contribution is -2.21. The van der Waals surface area contributed by atoms with E-state index in [4.69, 9.17) is 11.6 Å². The topological polar surface area (TPSA) is 88.9 Å². The molecule has 0 fully saturated rings. The number of carbonyl (C=O) groups is 2. The van der Waals surface area contributed by atoms with Gasteiger partial charge in [0.2, 0.25) is 5.91 Å². The number of aromatic nitrogens is 3. The number of nitrogens with zero attached hydrogens (tertiary/aromatic N) is 3. The maximum atomic E-state index is 12.6. The minimum Gasteiger partial charge on any atom is -0.324 e. The lowest BCUT2D eigenvalue weighted by atomic mass is 10.2. The summed E-state index contributed by atoms with van der Waals surface area (Å²) in [6.07, 6.45) is 0. The molecule has 0 aliphatic heterocycles. The summed E-state index contributed by atoms with van der Waals surface area (Å²) in [6, 6.07) is 12.7. The van der Waals surface area contributed by atoms with Gasteiger partial charge in [-0.2, -0.15) is 0 Å². The fourth-order valence-electron chi connectivity index (χ4n) is 2.69. The minimum atomic E-state index is -0.409. The molecule has 3 aromatic rings. The van der Waals surface area contributed by atoms with Gasteiger partial charge in [-0.15, -0.1) is 5.10 Å². The highest BCUT2D eigenvalue weighted by Crippen LogP contribution is 2.21. The zero-order chi connectivity index (χ0) is 20.3. The lowest BCUT2D eigenvalue weighted by molar-refractivity contribution is -0.117. The molecule has 0 radical (unpaired) electrons. The molecular formula is C20H20ClN5O2. The van der Waals surface area contributed by atoms with E-state index >= 15 is 0 Å². The van der Waals surface area contributed by atoms with Gasteiger partial charge in [-0.3, -0.25) is 9.59 Å². The number of amides is 2. The molecule has 1 heterocycles. The van der Waals surface area contributed by atoms with E-state index in [9.17, 15) is 9.59 Å². The highest BCUT2D eigenvalue weighted by atomic mass is 35.5. The van der Waals surface area contributed by atoms with E-state index in [2.05, 4.69) is 20.9 Å². The van der Waals surface area contributed by atoms with Gasteiger partial charge in [-0.1, -0.05) is 35.0 Å². The fraction of sp³-hybridized carbons (Fsp3) is 0.200. The first-order valence-corrected chi connectivity index (χ1v) is 9.05. The molecule has 0 saturated carbocycles. The van der Waals surface area contributed by atoms with Crippen LogP contribution in [-0.2, 0) is 11.3 Å². The summed E-state index contributed by atoms with van der Waals surface area (Å²) in [6.45, 7) is 5.46. The van der Waals surface area contributed by atoms with Crippen LogP contribution in [0, 0.1) is 20.8 Å². The van der Waals surface area contributed by atoms with Crippen LogP contribution in [0.4, 0.5) is 11.4 Å². The van der Waals surface area contributed by atoms with Crippen LogP contribution in [0.5, 0.6) is 0 Å². The van der Waals surface area contributed by atoms with Gasteiger partial charge in [0.05, 0.1) is 5.69 Å². The van der Waals surface area contributed by atoms with Gasteiger partial charge in [0.1, 0.15) is 6.54 Å². The summed E-state index contributed by atoms with van der Waals surface area (Å²) in [5.74, 6) is -0.663. The average molecular weight is 398 g/mol. The molecule has 8 heteroatoms. The Morgan fingerprint density at radius 1 is 1.07 bits per heavy atom. The van der Waals surface area contributed by atoms with E-state index in [1.807, 2.05) is 44.2 Å². The molecule has 0 unspecified atom stereocenters. The zero-order valence-electron chi connectivity index (χ0n) is 15.8. The molecule has 28 heavy (non-hydrogen) atoms. The zero-order valence-corrected chi connectivity index (χ0v) is 16.5. The summed E-state index contributed by atoms with van der Waals surface area (Å²) in [5.41, 5.74) is 3.88. The van der Waals surface area contributed by atoms with Crippen LogP contribution >= 0.6 is 11.6 Å². The maximum Gasteiger partial charge on any atom is 0.278 e. The van der Waals surface area contributed by atoms with Crippen molar-refractivity contribution in [3.05, 3.63) is 70.0 Å². The van der Waals surface area contributed by atoms with Gasteiger partial charge in [0, 0.05) is 16.4 Å². The summed E-state index contributed by atoms with van der Waals surface area (Å²) in [5, 5.41) is 14.0. The Morgan fingerprint density at radius 2 is 1.86 bits per heavy atom. The summed E-state index contributed by atoms with van der Waals surface area (Å²) < 4.78 is 1.39. The second kappa shape index (κ2) is 8.22. The number of nitrogens with one attached hydrogen (secondary N) is 2. The van der Waals surface area contributed by atoms with E-state index < -0.39 is 5.91 Å². The lowest BCUT2D eigenvalue weighted by Gasteiger charge is -2.08. The first kappa shape index (κ1) is 19.6. The molecule has 2 amide bonds. The van der Waals surface area contributed by atoms with Crippen LogP contribution in [0.25, 0.3) is 0 Å². The van der Waals surface area contributed by atoms with Crippen molar-refractivity contribution < 1.29 is 9.59 Å². The van der Waals surface area contributed by atoms with E-state index in [0.29, 0.717) is 22.1 Å². The summed E-state index contributed by atoms with van der Waals surface area (Å²) >= 11 is 5.99. The van der Waals surface area contributed by atoms with Gasteiger partial charge in [0.15, 0.2) is 5.69 Å². The largest absolute Gasteiger partial charge is 0.324 e. The van der Waals surface area contributed by atoms with Crippen LogP contribution in [0.2, 0.25) is 5.02 Å². The van der Waals surface area contributed by atoms with Crippen molar-refractivity contribution in [2.24, 2.45) is 0 Å². The fourth-order valence-corrected chi connectivity index (χ4v) is 2.86. The van der Waals surface area contributed by atoms with Gasteiger partial charge >= 0.3 is 0 Å². The SMILES string of the molecule is Cc1cccc(NC(=O)Cn2nnc(C(=O)Nc3cc(Cl)ccc3C)c2C)c1. The van der Waals surface area contributed by atoms with E-state index in [0.717, 1.165) is 11.1 Å². The third kappa shape index (κ3) is 4.55. The molecule has 2 aromatic carbocycles. The molecular weight excluding hydrogens is 378 g/mol. The van der Waals surface area contributed by atoms with E-state index in [-0.39, 0.29) is 18.1 Å². The van der Waals surface area contributed by atoms with Crippen LogP contribution in [-0.4, -0.2) is 26.8 Å². The van der Waals surface area contributed by atoms with Crippen molar-refractivity contribution in [1.82, 2.24) is 15.0 Å². The number of carbonyl (C=O) groups excluding carboxylic acids is 2. The van der Waals surface area contributed by atoms with Gasteiger partial charge in [-0.05, 0) is 56.2 Å². The predicted octanol–water partition coefficient (Wildman–Crippen LogP) is 3.75. The van der Waals surface area contributed by atoms with Gasteiger partial charge in [-0.25, -0.2) is 4.68 Å². The van der Waals surface area contributed by atoms with Crippen LogP contribution in [0.3, 0.4) is 0 Å². The monoisotopic (exact) mass is 397 g/mol. The van der Waals surface area contributed by atoms with Crippen molar-refractivity contribution in [2.45, 2.75) is 27.3 Å². The second-order valence-corrected chi connectivity index (χ2v) is 6.95. The number of hydrogen-bond donors (Lipinski definition) is 2. The maximum absolute atomic E-state index is 12.6. The number of hydrogen-bond acceptors (Lipinski definition) is 4. The Bertz CT molecular complexity index is 1040. The number of benzene rings is 2. The molecule has 0 aliphatic carbocycles. The van der Waals surface area contributed by atoms with Crippen molar-refractivity contribution in [3.8, 4) is 0 Å². The van der Waals surface area contributed by atoms with Crippen molar-refractivity contribution in [3.63, 3.8) is 0 Å². The Kier molecular flexibility index (Phi) is 5.75. The summed E-state index contributed by atoms with van der Waals surface area (Å²) in [4.78, 5) is 24.8. The standard InChI is InChI=1S/C20H20ClN5O2/c1-12-5-4-6-16(9-12)22-18(27)11-26-14(3)19(24-25-26)20(28)23-17-10-15(21)8-7-13(17)2/h4-10H,11H2,1-3H3,(H,22,27)(H,23,28).